The van der Waals surface area contributed by atoms with Gasteiger partial charge in [-0.1, -0.05) is 0 Å². The molecule has 0 amide bonds. The molecule has 0 heterocycles. The van der Waals surface area contributed by atoms with Crippen LogP contribution in [0, 0.1) is 0 Å². The first-order chi connectivity index (χ1) is 2.56. The van der Waals surface area contributed by atoms with Gasteiger partial charge in [-0.2, -0.15) is 14.7 Å². The van der Waals surface area contributed by atoms with E-state index in [4.69, 9.17) is 19.5 Å². The second-order valence-electron chi connectivity index (χ2n) is 0.720. The fourth-order valence-corrected chi connectivity index (χ4v) is 0. The van der Waals surface area contributed by atoms with Crippen LogP contribution in [0.25, 0.3) is 0 Å². The molecular weight excluding hydrogens is 299 g/mol. The van der Waals surface area contributed by atoms with Gasteiger partial charge >= 0.3 is 14.0 Å². The molecule has 0 unspecified atom stereocenters. The molecular formula is CH4IrO4P+. The first kappa shape index (κ1) is 10.6. The summed E-state index contributed by atoms with van der Waals surface area (Å²) < 4.78 is 0. The predicted molar refractivity (Wildman–Crippen MR) is 20.3 cm³/mol. The first-order valence-corrected chi connectivity index (χ1v) is 2.81. The normalized spacial score (nSPS) is 9.57. The Morgan fingerprint density at radius 2 is 1.43 bits per heavy atom. The number of hydrogen-bond donors (Lipinski definition) is 3. The SMILES string of the molecule is O=C[P+](O)(O)O.[Ir]. The van der Waals surface area contributed by atoms with Crippen LogP contribution in [0.2, 0.25) is 0 Å². The van der Waals surface area contributed by atoms with Crippen molar-refractivity contribution in [2.75, 3.05) is 0 Å². The Balaban J connectivity index is 0. The van der Waals surface area contributed by atoms with Crippen LogP contribution < -0.4 is 0 Å². The van der Waals surface area contributed by atoms with Crippen molar-refractivity contribution in [2.45, 2.75) is 0 Å². The van der Waals surface area contributed by atoms with Crippen molar-refractivity contribution < 1.29 is 39.6 Å². The average molecular weight is 303 g/mol. The molecule has 0 aliphatic carbocycles. The first-order valence-electron chi connectivity index (χ1n) is 1.09. The van der Waals surface area contributed by atoms with E-state index >= 15 is 0 Å². The van der Waals surface area contributed by atoms with Crippen LogP contribution in [0.3, 0.4) is 0 Å². The van der Waals surface area contributed by atoms with Crippen molar-refractivity contribution in [3.8, 4) is 0 Å². The van der Waals surface area contributed by atoms with Crippen molar-refractivity contribution in [3.05, 3.63) is 0 Å². The molecule has 1 radical (unpaired) electrons. The van der Waals surface area contributed by atoms with Crippen LogP contribution in [0.15, 0.2) is 0 Å². The maximum Gasteiger partial charge on any atom is 0.475 e. The van der Waals surface area contributed by atoms with E-state index in [1.165, 1.54) is 0 Å². The molecule has 0 rings (SSSR count). The van der Waals surface area contributed by atoms with Gasteiger partial charge < -0.3 is 0 Å². The third-order valence-corrected chi connectivity index (χ3v) is 0.424. The Hall–Kier alpha value is 0.629. The molecule has 6 heteroatoms. The van der Waals surface area contributed by atoms with Crippen molar-refractivity contribution >= 4 is 14.0 Å². The Bertz CT molecular complexity index is 57.2. The third kappa shape index (κ3) is 10.8. The van der Waals surface area contributed by atoms with Gasteiger partial charge in [-0.05, 0) is 0 Å². The second-order valence-corrected chi connectivity index (χ2v) is 2.16. The van der Waals surface area contributed by atoms with E-state index in [-0.39, 0.29) is 26.1 Å². The Kier molecular flexibility index (Phi) is 5.46. The minimum absolute atomic E-state index is 0. The number of rotatable bonds is 1. The summed E-state index contributed by atoms with van der Waals surface area (Å²) in [6.45, 7) is 0. The Labute approximate surface area is 54.1 Å². The summed E-state index contributed by atoms with van der Waals surface area (Å²) in [6.07, 6.45) is 0. The maximum atomic E-state index is 9.13. The topological polar surface area (TPSA) is 77.8 Å². The van der Waals surface area contributed by atoms with Crippen molar-refractivity contribution in [1.29, 1.82) is 0 Å². The van der Waals surface area contributed by atoms with Gasteiger partial charge in [0.1, 0.15) is 0 Å². The van der Waals surface area contributed by atoms with Gasteiger partial charge in [-0.3, -0.25) is 0 Å². The van der Waals surface area contributed by atoms with E-state index in [0.29, 0.717) is 0 Å². The van der Waals surface area contributed by atoms with Crippen molar-refractivity contribution in [3.63, 3.8) is 0 Å². The summed E-state index contributed by atoms with van der Waals surface area (Å²) in [5, 5.41) is 0. The molecule has 0 saturated carbocycles. The predicted octanol–water partition coefficient (Wildman–Crippen LogP) is -1.09. The van der Waals surface area contributed by atoms with E-state index in [9.17, 15) is 0 Å². The summed E-state index contributed by atoms with van der Waals surface area (Å²) >= 11 is 0. The third-order valence-electron chi connectivity index (χ3n) is 0.141. The fourth-order valence-electron chi connectivity index (χ4n) is 0. The molecule has 0 aromatic carbocycles. The largest absolute Gasteiger partial charge is 0.475 e. The minimum atomic E-state index is -4.08. The van der Waals surface area contributed by atoms with Crippen LogP contribution >= 0.6 is 7.94 Å². The van der Waals surface area contributed by atoms with E-state index in [0.717, 1.165) is 0 Å². The Morgan fingerprint density at radius 1 is 1.29 bits per heavy atom. The molecule has 3 N–H and O–H groups in total. The van der Waals surface area contributed by atoms with E-state index in [1.807, 2.05) is 0 Å². The maximum absolute atomic E-state index is 9.13. The van der Waals surface area contributed by atoms with Crippen molar-refractivity contribution in [1.82, 2.24) is 0 Å². The van der Waals surface area contributed by atoms with Crippen LogP contribution in [0.1, 0.15) is 0 Å². The molecule has 4 nitrogen and oxygen atoms in total. The van der Waals surface area contributed by atoms with Gasteiger partial charge in [0, 0.05) is 20.1 Å². The summed E-state index contributed by atoms with van der Waals surface area (Å²) in [5.41, 5.74) is 0. The molecule has 0 atom stereocenters. The molecule has 0 aliphatic heterocycles. The monoisotopic (exact) mass is 304 g/mol. The zero-order valence-electron chi connectivity index (χ0n) is 3.11. The minimum Gasteiger partial charge on any atom is -0.247 e. The zero-order chi connectivity index (χ0) is 5.21. The van der Waals surface area contributed by atoms with Gasteiger partial charge in [0.15, 0.2) is 0 Å². The fraction of sp³-hybridized carbons (Fsp3) is 0. The van der Waals surface area contributed by atoms with Crippen LogP contribution in [0.5, 0.6) is 0 Å². The Morgan fingerprint density at radius 3 is 1.43 bits per heavy atom. The number of carbonyl (C=O) groups excluding carboxylic acids is 1. The molecule has 0 bridgehead atoms. The summed E-state index contributed by atoms with van der Waals surface area (Å²) in [4.78, 5) is 32.2. The van der Waals surface area contributed by atoms with Crippen LogP contribution in [-0.2, 0) is 24.9 Å². The van der Waals surface area contributed by atoms with E-state index in [2.05, 4.69) is 0 Å². The molecule has 0 spiro atoms. The standard InChI is InChI=1S/CH4O4P.Ir/c2-1-6(3,4)5;/h1,3-5H;/q+1;. The van der Waals surface area contributed by atoms with E-state index in [1.54, 1.807) is 0 Å². The van der Waals surface area contributed by atoms with Gasteiger partial charge in [0.05, 0.1) is 0 Å². The van der Waals surface area contributed by atoms with Crippen LogP contribution in [0.4, 0.5) is 0 Å². The quantitative estimate of drug-likeness (QED) is 0.425. The zero-order valence-corrected chi connectivity index (χ0v) is 6.40. The summed E-state index contributed by atoms with van der Waals surface area (Å²) in [5.74, 6) is 0. The summed E-state index contributed by atoms with van der Waals surface area (Å²) in [6, 6.07) is -0.285. The van der Waals surface area contributed by atoms with Crippen molar-refractivity contribution in [2.24, 2.45) is 0 Å². The summed E-state index contributed by atoms with van der Waals surface area (Å²) in [7, 11) is -4.08. The van der Waals surface area contributed by atoms with Gasteiger partial charge in [-0.15, -0.1) is 0 Å². The second kappa shape index (κ2) is 3.61. The molecule has 0 aliphatic rings. The average Bonchev–Trinajstić information content (AvgIpc) is 1.35. The number of carbonyl (C=O) groups is 1. The van der Waals surface area contributed by atoms with Crippen LogP contribution in [-0.4, -0.2) is 20.7 Å². The number of hydrogen-bond acceptors (Lipinski definition) is 4. The molecule has 0 aromatic heterocycles. The molecule has 45 valence electrons. The molecule has 7 heavy (non-hydrogen) atoms. The molecule has 0 aromatic rings. The van der Waals surface area contributed by atoms with Gasteiger partial charge in [0.25, 0.3) is 0 Å². The van der Waals surface area contributed by atoms with Gasteiger partial charge in [0.2, 0.25) is 0 Å². The van der Waals surface area contributed by atoms with Gasteiger partial charge in [-0.25, -0.2) is 4.79 Å². The molecule has 0 saturated heterocycles. The smallest absolute Gasteiger partial charge is 0.247 e. The molecule has 0 fully saturated rings. The van der Waals surface area contributed by atoms with E-state index < -0.39 is 7.94 Å².